The minimum Gasteiger partial charge on any atom is -0.339 e. The molecule has 4 nitrogen and oxygen atoms in total. The number of carbonyl (C=O) groups excluding carboxylic acids is 2. The number of benzene rings is 2. The molecule has 0 N–H and O–H groups in total. The minimum atomic E-state index is -0.269. The third kappa shape index (κ3) is 4.73. The van der Waals surface area contributed by atoms with Gasteiger partial charge in [-0.15, -0.1) is 0 Å². The highest BCUT2D eigenvalue weighted by Crippen LogP contribution is 2.13. The van der Waals surface area contributed by atoms with E-state index in [1.165, 1.54) is 11.6 Å². The third-order valence-corrected chi connectivity index (χ3v) is 5.09. The summed E-state index contributed by atoms with van der Waals surface area (Å²) in [6.45, 7) is 4.18. The van der Waals surface area contributed by atoms with Crippen LogP contribution in [0.1, 0.15) is 34.8 Å². The van der Waals surface area contributed by atoms with E-state index in [1.54, 1.807) is 28.0 Å². The summed E-state index contributed by atoms with van der Waals surface area (Å²) in [6.07, 6.45) is 1.63. The number of aryl methyl sites for hydroxylation is 2. The zero-order valence-corrected chi connectivity index (χ0v) is 15.7. The first-order chi connectivity index (χ1) is 13.1. The highest BCUT2D eigenvalue weighted by atomic mass is 19.1. The molecule has 0 spiro atoms. The number of amides is 2. The number of carbonyl (C=O) groups is 2. The van der Waals surface area contributed by atoms with Crippen LogP contribution in [0.2, 0.25) is 0 Å². The highest BCUT2D eigenvalue weighted by Gasteiger charge is 2.24. The van der Waals surface area contributed by atoms with Crippen molar-refractivity contribution in [2.45, 2.75) is 26.2 Å². The molecule has 0 bridgehead atoms. The van der Waals surface area contributed by atoms with Crippen molar-refractivity contribution in [2.75, 3.05) is 26.2 Å². The molecule has 0 radical (unpaired) electrons. The average molecular weight is 368 g/mol. The van der Waals surface area contributed by atoms with Crippen LogP contribution in [0, 0.1) is 5.82 Å². The molecule has 27 heavy (non-hydrogen) atoms. The maximum absolute atomic E-state index is 13.7. The molecule has 3 rings (SSSR count). The minimum absolute atomic E-state index is 0.0103. The SMILES string of the molecule is CCc1ccc(C(=O)N2CCN(C(=O)CCc3ccccc3F)CC2)cc1. The van der Waals surface area contributed by atoms with Crippen molar-refractivity contribution in [1.82, 2.24) is 9.80 Å². The van der Waals surface area contributed by atoms with E-state index < -0.39 is 0 Å². The lowest BCUT2D eigenvalue weighted by Gasteiger charge is -2.35. The molecule has 1 aliphatic rings. The molecule has 0 aromatic heterocycles. The molecular formula is C22H25FN2O2. The van der Waals surface area contributed by atoms with Crippen LogP contribution < -0.4 is 0 Å². The molecule has 2 aromatic rings. The van der Waals surface area contributed by atoms with E-state index in [1.807, 2.05) is 24.3 Å². The normalized spacial score (nSPS) is 14.3. The van der Waals surface area contributed by atoms with Crippen molar-refractivity contribution in [3.05, 3.63) is 71.0 Å². The lowest BCUT2D eigenvalue weighted by Crippen LogP contribution is -2.50. The van der Waals surface area contributed by atoms with E-state index in [2.05, 4.69) is 6.92 Å². The van der Waals surface area contributed by atoms with Crippen LogP contribution in [0.15, 0.2) is 48.5 Å². The van der Waals surface area contributed by atoms with E-state index in [4.69, 9.17) is 0 Å². The van der Waals surface area contributed by atoms with Crippen LogP contribution in [-0.2, 0) is 17.6 Å². The summed E-state index contributed by atoms with van der Waals surface area (Å²) in [5, 5.41) is 0. The van der Waals surface area contributed by atoms with Gasteiger partial charge < -0.3 is 9.80 Å². The Kier molecular flexibility index (Phi) is 6.22. The molecule has 5 heteroatoms. The van der Waals surface area contributed by atoms with E-state index in [9.17, 15) is 14.0 Å². The van der Waals surface area contributed by atoms with Crippen molar-refractivity contribution in [1.29, 1.82) is 0 Å². The average Bonchev–Trinajstić information content (AvgIpc) is 2.72. The van der Waals surface area contributed by atoms with Gasteiger partial charge in [-0.3, -0.25) is 9.59 Å². The number of hydrogen-bond donors (Lipinski definition) is 0. The van der Waals surface area contributed by atoms with E-state index in [0.29, 0.717) is 43.7 Å². The van der Waals surface area contributed by atoms with Gasteiger partial charge in [0.05, 0.1) is 0 Å². The lowest BCUT2D eigenvalue weighted by atomic mass is 10.1. The fourth-order valence-corrected chi connectivity index (χ4v) is 3.33. The lowest BCUT2D eigenvalue weighted by molar-refractivity contribution is -0.132. The molecule has 2 aromatic carbocycles. The van der Waals surface area contributed by atoms with Crippen LogP contribution >= 0.6 is 0 Å². The maximum atomic E-state index is 13.7. The second-order valence-corrected chi connectivity index (χ2v) is 6.81. The quantitative estimate of drug-likeness (QED) is 0.812. The van der Waals surface area contributed by atoms with Crippen molar-refractivity contribution in [3.63, 3.8) is 0 Å². The van der Waals surface area contributed by atoms with E-state index in [-0.39, 0.29) is 24.1 Å². The Morgan fingerprint density at radius 2 is 1.56 bits per heavy atom. The van der Waals surface area contributed by atoms with Gasteiger partial charge in [0.2, 0.25) is 5.91 Å². The van der Waals surface area contributed by atoms with Gasteiger partial charge in [-0.1, -0.05) is 37.3 Å². The second-order valence-electron chi connectivity index (χ2n) is 6.81. The molecule has 1 aliphatic heterocycles. The molecule has 1 saturated heterocycles. The molecule has 0 aliphatic carbocycles. The molecule has 0 unspecified atom stereocenters. The summed E-state index contributed by atoms with van der Waals surface area (Å²) >= 11 is 0. The molecule has 1 heterocycles. The summed E-state index contributed by atoms with van der Waals surface area (Å²) in [6, 6.07) is 14.2. The number of hydrogen-bond acceptors (Lipinski definition) is 2. The van der Waals surface area contributed by atoms with Crippen molar-refractivity contribution in [2.24, 2.45) is 0 Å². The standard InChI is InChI=1S/C22H25FN2O2/c1-2-17-7-9-19(10-8-17)22(27)25-15-13-24(14-16-25)21(26)12-11-18-5-3-4-6-20(18)23/h3-10H,2,11-16H2,1H3. The predicted octanol–water partition coefficient (Wildman–Crippen LogP) is 3.31. The Balaban J connectivity index is 1.49. The number of nitrogens with zero attached hydrogens (tertiary/aromatic N) is 2. The van der Waals surface area contributed by atoms with Crippen LogP contribution in [0.4, 0.5) is 4.39 Å². The summed E-state index contributed by atoms with van der Waals surface area (Å²) < 4.78 is 13.7. The van der Waals surface area contributed by atoms with Crippen LogP contribution in [-0.4, -0.2) is 47.8 Å². The van der Waals surface area contributed by atoms with E-state index >= 15 is 0 Å². The topological polar surface area (TPSA) is 40.6 Å². The van der Waals surface area contributed by atoms with Gasteiger partial charge in [-0.25, -0.2) is 4.39 Å². The van der Waals surface area contributed by atoms with Crippen LogP contribution in [0.25, 0.3) is 0 Å². The number of halogens is 1. The van der Waals surface area contributed by atoms with Crippen molar-refractivity contribution < 1.29 is 14.0 Å². The smallest absolute Gasteiger partial charge is 0.253 e. The highest BCUT2D eigenvalue weighted by molar-refractivity contribution is 5.94. The fraction of sp³-hybridized carbons (Fsp3) is 0.364. The maximum Gasteiger partial charge on any atom is 0.253 e. The zero-order chi connectivity index (χ0) is 19.2. The Morgan fingerprint density at radius 3 is 2.19 bits per heavy atom. The van der Waals surface area contributed by atoms with Crippen molar-refractivity contribution >= 4 is 11.8 Å². The summed E-state index contributed by atoms with van der Waals surface area (Å²) in [7, 11) is 0. The largest absolute Gasteiger partial charge is 0.339 e. The first kappa shape index (κ1) is 19.1. The first-order valence-corrected chi connectivity index (χ1v) is 9.48. The zero-order valence-electron chi connectivity index (χ0n) is 15.7. The second kappa shape index (κ2) is 8.80. The molecule has 1 fully saturated rings. The molecular weight excluding hydrogens is 343 g/mol. The molecule has 2 amide bonds. The van der Waals surface area contributed by atoms with Gasteiger partial charge in [-0.05, 0) is 42.2 Å². The Hall–Kier alpha value is -2.69. The fourth-order valence-electron chi connectivity index (χ4n) is 3.33. The van der Waals surface area contributed by atoms with Crippen LogP contribution in [0.3, 0.4) is 0 Å². The summed E-state index contributed by atoms with van der Waals surface area (Å²) in [5.74, 6) is -0.247. The Morgan fingerprint density at radius 1 is 0.926 bits per heavy atom. The Labute approximate surface area is 159 Å². The predicted molar refractivity (Wildman–Crippen MR) is 103 cm³/mol. The molecule has 0 atom stereocenters. The molecule has 142 valence electrons. The number of piperazine rings is 1. The van der Waals surface area contributed by atoms with Gasteiger partial charge in [0, 0.05) is 38.2 Å². The number of rotatable bonds is 5. The van der Waals surface area contributed by atoms with E-state index in [0.717, 1.165) is 6.42 Å². The monoisotopic (exact) mass is 368 g/mol. The van der Waals surface area contributed by atoms with Gasteiger partial charge in [0.25, 0.3) is 5.91 Å². The molecule has 0 saturated carbocycles. The first-order valence-electron chi connectivity index (χ1n) is 9.48. The van der Waals surface area contributed by atoms with Gasteiger partial charge in [-0.2, -0.15) is 0 Å². The summed E-state index contributed by atoms with van der Waals surface area (Å²) in [4.78, 5) is 28.6. The van der Waals surface area contributed by atoms with Crippen molar-refractivity contribution in [3.8, 4) is 0 Å². The van der Waals surface area contributed by atoms with Gasteiger partial charge in [0.1, 0.15) is 5.82 Å². The third-order valence-electron chi connectivity index (χ3n) is 5.09. The summed E-state index contributed by atoms with van der Waals surface area (Å²) in [5.41, 5.74) is 2.46. The Bertz CT molecular complexity index is 796. The van der Waals surface area contributed by atoms with Gasteiger partial charge in [0.15, 0.2) is 0 Å². The van der Waals surface area contributed by atoms with Gasteiger partial charge >= 0.3 is 0 Å². The van der Waals surface area contributed by atoms with Crippen LogP contribution in [0.5, 0.6) is 0 Å².